The summed E-state index contributed by atoms with van der Waals surface area (Å²) < 4.78 is 12.8. The standard InChI is InChI=1S/C19H10ClN3O3S/c20-13-5-2-1-4-12(13)14-8-7-11(26-14)10-16-18(24)23-19(27-16)21-17(22-23)15-6-3-9-25-15/h1-10H/b16-10-. The van der Waals surface area contributed by atoms with Crippen molar-refractivity contribution < 1.29 is 8.83 Å². The van der Waals surface area contributed by atoms with Crippen LogP contribution in [0.1, 0.15) is 5.76 Å². The Morgan fingerprint density at radius 2 is 1.96 bits per heavy atom. The van der Waals surface area contributed by atoms with Crippen molar-refractivity contribution in [2.45, 2.75) is 0 Å². The Kier molecular flexibility index (Phi) is 3.70. The molecule has 1 aromatic carbocycles. The number of hydrogen-bond acceptors (Lipinski definition) is 6. The van der Waals surface area contributed by atoms with Gasteiger partial charge in [-0.05, 0) is 36.4 Å². The molecule has 8 heteroatoms. The monoisotopic (exact) mass is 395 g/mol. The molecule has 4 heterocycles. The summed E-state index contributed by atoms with van der Waals surface area (Å²) in [6.07, 6.45) is 3.21. The molecule has 0 aliphatic rings. The molecule has 0 spiro atoms. The number of fused-ring (bicyclic) bond motifs is 1. The van der Waals surface area contributed by atoms with E-state index in [-0.39, 0.29) is 5.56 Å². The fourth-order valence-corrected chi connectivity index (χ4v) is 3.83. The molecule has 0 aliphatic heterocycles. The number of halogens is 1. The molecule has 132 valence electrons. The summed E-state index contributed by atoms with van der Waals surface area (Å²) in [5.74, 6) is 2.09. The van der Waals surface area contributed by atoms with Crippen molar-refractivity contribution in [3.8, 4) is 22.9 Å². The van der Waals surface area contributed by atoms with Gasteiger partial charge in [-0.1, -0.05) is 35.1 Å². The molecule has 0 bridgehead atoms. The summed E-state index contributed by atoms with van der Waals surface area (Å²) in [6, 6.07) is 14.5. The van der Waals surface area contributed by atoms with Crippen LogP contribution in [0.15, 0.2) is 68.4 Å². The summed E-state index contributed by atoms with van der Waals surface area (Å²) in [7, 11) is 0. The van der Waals surface area contributed by atoms with E-state index in [1.165, 1.54) is 22.1 Å². The maximum absolute atomic E-state index is 12.6. The third-order valence-electron chi connectivity index (χ3n) is 3.96. The van der Waals surface area contributed by atoms with Crippen LogP contribution >= 0.6 is 22.9 Å². The SMILES string of the molecule is O=c1/c(=C/c2ccc(-c3ccccc3Cl)o2)sc2nc(-c3ccco3)nn12. The van der Waals surface area contributed by atoms with Gasteiger partial charge >= 0.3 is 0 Å². The van der Waals surface area contributed by atoms with Crippen LogP contribution in [-0.2, 0) is 0 Å². The van der Waals surface area contributed by atoms with Gasteiger partial charge in [0, 0.05) is 11.6 Å². The van der Waals surface area contributed by atoms with Crippen LogP contribution < -0.4 is 10.1 Å². The lowest BCUT2D eigenvalue weighted by atomic mass is 10.2. The third kappa shape index (κ3) is 2.77. The molecule has 0 unspecified atom stereocenters. The first-order valence-electron chi connectivity index (χ1n) is 7.99. The number of rotatable bonds is 3. The first kappa shape index (κ1) is 16.0. The molecule has 6 nitrogen and oxygen atoms in total. The predicted molar refractivity (Wildman–Crippen MR) is 103 cm³/mol. The molecule has 0 atom stereocenters. The molecule has 0 saturated carbocycles. The van der Waals surface area contributed by atoms with E-state index in [9.17, 15) is 4.79 Å². The first-order chi connectivity index (χ1) is 13.2. The Hall–Kier alpha value is -3.16. The van der Waals surface area contributed by atoms with E-state index >= 15 is 0 Å². The van der Waals surface area contributed by atoms with Gasteiger partial charge < -0.3 is 8.83 Å². The molecular weight excluding hydrogens is 386 g/mol. The Bertz CT molecular complexity index is 1370. The molecule has 0 N–H and O–H groups in total. The Balaban J connectivity index is 1.55. The normalized spacial score (nSPS) is 12.3. The predicted octanol–water partition coefficient (Wildman–Crippen LogP) is 3.87. The van der Waals surface area contributed by atoms with E-state index < -0.39 is 0 Å². The van der Waals surface area contributed by atoms with Gasteiger partial charge in [0.05, 0.1) is 11.3 Å². The van der Waals surface area contributed by atoms with Gasteiger partial charge in [-0.15, -0.1) is 5.10 Å². The number of aromatic nitrogens is 3. The summed E-state index contributed by atoms with van der Waals surface area (Å²) in [5, 5.41) is 4.83. The number of furan rings is 2. The molecule has 0 aliphatic carbocycles. The zero-order chi connectivity index (χ0) is 18.4. The molecule has 0 radical (unpaired) electrons. The van der Waals surface area contributed by atoms with Crippen LogP contribution in [0, 0.1) is 0 Å². The Labute approximate surface area is 160 Å². The number of thiazole rings is 1. The molecule has 0 amide bonds. The van der Waals surface area contributed by atoms with Gasteiger partial charge in [-0.2, -0.15) is 9.50 Å². The van der Waals surface area contributed by atoms with Crippen LogP contribution in [0.25, 0.3) is 33.9 Å². The van der Waals surface area contributed by atoms with Crippen molar-refractivity contribution in [1.29, 1.82) is 0 Å². The molecule has 0 fully saturated rings. The van der Waals surface area contributed by atoms with Crippen LogP contribution in [0.5, 0.6) is 0 Å². The van der Waals surface area contributed by atoms with Crippen molar-refractivity contribution >= 4 is 34.0 Å². The molecule has 5 aromatic rings. The minimum absolute atomic E-state index is 0.254. The second-order valence-corrected chi connectivity index (χ2v) is 7.12. The summed E-state index contributed by atoms with van der Waals surface area (Å²) >= 11 is 7.44. The quantitative estimate of drug-likeness (QED) is 0.463. The average Bonchev–Trinajstić information content (AvgIpc) is 3.43. The van der Waals surface area contributed by atoms with Gasteiger partial charge in [0.2, 0.25) is 10.8 Å². The van der Waals surface area contributed by atoms with Gasteiger partial charge in [-0.3, -0.25) is 4.79 Å². The van der Waals surface area contributed by atoms with Crippen LogP contribution in [0.3, 0.4) is 0 Å². The maximum Gasteiger partial charge on any atom is 0.291 e. The van der Waals surface area contributed by atoms with E-state index in [4.69, 9.17) is 20.4 Å². The molecule has 27 heavy (non-hydrogen) atoms. The molecule has 5 rings (SSSR count). The third-order valence-corrected chi connectivity index (χ3v) is 5.25. The minimum atomic E-state index is -0.254. The van der Waals surface area contributed by atoms with Crippen molar-refractivity contribution in [1.82, 2.24) is 14.6 Å². The van der Waals surface area contributed by atoms with Crippen molar-refractivity contribution in [2.24, 2.45) is 0 Å². The van der Waals surface area contributed by atoms with E-state index in [1.54, 1.807) is 30.3 Å². The highest BCUT2D eigenvalue weighted by atomic mass is 35.5. The van der Waals surface area contributed by atoms with Gasteiger partial charge in [0.25, 0.3) is 5.56 Å². The van der Waals surface area contributed by atoms with Gasteiger partial charge in [0.15, 0.2) is 5.76 Å². The molecular formula is C19H10ClN3O3S. The van der Waals surface area contributed by atoms with Crippen molar-refractivity contribution in [3.05, 3.63) is 80.5 Å². The largest absolute Gasteiger partial charge is 0.461 e. The lowest BCUT2D eigenvalue weighted by molar-refractivity contribution is 0.571. The fraction of sp³-hybridized carbons (Fsp3) is 0. The summed E-state index contributed by atoms with van der Waals surface area (Å²) in [4.78, 5) is 17.4. The smallest absolute Gasteiger partial charge is 0.291 e. The van der Waals surface area contributed by atoms with Crippen LogP contribution in [0.4, 0.5) is 0 Å². The maximum atomic E-state index is 12.6. The van der Waals surface area contributed by atoms with Gasteiger partial charge in [-0.25, -0.2) is 0 Å². The van der Waals surface area contributed by atoms with Crippen molar-refractivity contribution in [2.75, 3.05) is 0 Å². The Morgan fingerprint density at radius 1 is 1.07 bits per heavy atom. The summed E-state index contributed by atoms with van der Waals surface area (Å²) in [6.45, 7) is 0. The van der Waals surface area contributed by atoms with E-state index in [1.807, 2.05) is 24.3 Å². The van der Waals surface area contributed by atoms with Crippen molar-refractivity contribution in [3.63, 3.8) is 0 Å². The zero-order valence-electron chi connectivity index (χ0n) is 13.6. The number of benzene rings is 1. The summed E-state index contributed by atoms with van der Waals surface area (Å²) in [5.41, 5.74) is 0.544. The topological polar surface area (TPSA) is 73.5 Å². The fourth-order valence-electron chi connectivity index (χ4n) is 2.71. The Morgan fingerprint density at radius 3 is 2.74 bits per heavy atom. The van der Waals surface area contributed by atoms with Crippen LogP contribution in [-0.4, -0.2) is 14.6 Å². The first-order valence-corrected chi connectivity index (χ1v) is 9.18. The van der Waals surface area contributed by atoms with Crippen LogP contribution in [0.2, 0.25) is 5.02 Å². The number of nitrogens with zero attached hydrogens (tertiary/aromatic N) is 3. The lowest BCUT2D eigenvalue weighted by Gasteiger charge is -1.98. The lowest BCUT2D eigenvalue weighted by Crippen LogP contribution is -2.23. The number of hydrogen-bond donors (Lipinski definition) is 0. The second kappa shape index (κ2) is 6.22. The van der Waals surface area contributed by atoms with E-state index in [0.29, 0.717) is 37.6 Å². The highest BCUT2D eigenvalue weighted by Gasteiger charge is 2.14. The van der Waals surface area contributed by atoms with Gasteiger partial charge in [0.1, 0.15) is 16.1 Å². The zero-order valence-corrected chi connectivity index (χ0v) is 15.2. The molecule has 0 saturated heterocycles. The second-order valence-electron chi connectivity index (χ2n) is 5.70. The van der Waals surface area contributed by atoms with E-state index in [2.05, 4.69) is 10.1 Å². The van der Waals surface area contributed by atoms with E-state index in [0.717, 1.165) is 5.56 Å². The highest BCUT2D eigenvalue weighted by molar-refractivity contribution is 7.15. The minimum Gasteiger partial charge on any atom is -0.461 e. The average molecular weight is 396 g/mol. The highest BCUT2D eigenvalue weighted by Crippen LogP contribution is 2.29. The molecule has 4 aromatic heterocycles.